The van der Waals surface area contributed by atoms with Crippen molar-refractivity contribution in [3.05, 3.63) is 22.4 Å². The van der Waals surface area contributed by atoms with Crippen molar-refractivity contribution in [2.24, 2.45) is 0 Å². The Morgan fingerprint density at radius 2 is 1.67 bits per heavy atom. The summed E-state index contributed by atoms with van der Waals surface area (Å²) in [7, 11) is 2.24. The summed E-state index contributed by atoms with van der Waals surface area (Å²) < 4.78 is 0. The predicted molar refractivity (Wildman–Crippen MR) is 83.3 cm³/mol. The molecule has 0 N–H and O–H groups in total. The lowest BCUT2D eigenvalue weighted by atomic mass is 10.1. The van der Waals surface area contributed by atoms with Gasteiger partial charge >= 0.3 is 0 Å². The summed E-state index contributed by atoms with van der Waals surface area (Å²) in [5.41, 5.74) is 0. The van der Waals surface area contributed by atoms with E-state index in [1.165, 1.54) is 62.8 Å². The average molecular weight is 267 g/mol. The van der Waals surface area contributed by atoms with Gasteiger partial charge in [0, 0.05) is 11.4 Å². The van der Waals surface area contributed by atoms with E-state index in [0.29, 0.717) is 0 Å². The summed E-state index contributed by atoms with van der Waals surface area (Å²) in [6, 6.07) is 4.37. The number of rotatable bonds is 11. The van der Waals surface area contributed by atoms with Gasteiger partial charge in [0.25, 0.3) is 0 Å². The Morgan fingerprint density at radius 1 is 1.00 bits per heavy atom. The second-order valence-corrected chi connectivity index (χ2v) is 6.32. The monoisotopic (exact) mass is 267 g/mol. The van der Waals surface area contributed by atoms with Gasteiger partial charge in [-0.25, -0.2) is 0 Å². The molecule has 1 aromatic rings. The molecule has 2 heteroatoms. The van der Waals surface area contributed by atoms with Gasteiger partial charge < -0.3 is 4.90 Å². The topological polar surface area (TPSA) is 3.24 Å². The summed E-state index contributed by atoms with van der Waals surface area (Å²) in [6.07, 6.45) is 11.3. The van der Waals surface area contributed by atoms with Crippen LogP contribution in [0.4, 0.5) is 0 Å². The van der Waals surface area contributed by atoms with Crippen LogP contribution in [0.1, 0.15) is 63.2 Å². The normalized spacial score (nSPS) is 11.3. The highest BCUT2D eigenvalue weighted by Gasteiger charge is 2.00. The van der Waals surface area contributed by atoms with Crippen LogP contribution < -0.4 is 0 Å². The van der Waals surface area contributed by atoms with Crippen molar-refractivity contribution in [2.75, 3.05) is 13.6 Å². The van der Waals surface area contributed by atoms with E-state index in [0.717, 1.165) is 6.54 Å². The molecule has 0 spiro atoms. The van der Waals surface area contributed by atoms with Gasteiger partial charge in [-0.15, -0.1) is 11.3 Å². The maximum Gasteiger partial charge on any atom is 0.0324 e. The zero-order valence-electron chi connectivity index (χ0n) is 12.2. The second kappa shape index (κ2) is 10.6. The van der Waals surface area contributed by atoms with Crippen LogP contribution in [0.25, 0.3) is 0 Å². The van der Waals surface area contributed by atoms with E-state index in [4.69, 9.17) is 0 Å². The van der Waals surface area contributed by atoms with Gasteiger partial charge in [-0.3, -0.25) is 0 Å². The molecule has 0 saturated carbocycles. The molecular weight excluding hydrogens is 238 g/mol. The van der Waals surface area contributed by atoms with E-state index in [9.17, 15) is 0 Å². The third-order valence-corrected chi connectivity index (χ3v) is 4.26. The quantitative estimate of drug-likeness (QED) is 0.490. The molecule has 0 aliphatic heterocycles. The van der Waals surface area contributed by atoms with E-state index in [1.807, 2.05) is 11.3 Å². The van der Waals surface area contributed by atoms with Gasteiger partial charge in [0.2, 0.25) is 0 Å². The van der Waals surface area contributed by atoms with Crippen LogP contribution in [0.5, 0.6) is 0 Å². The summed E-state index contributed by atoms with van der Waals surface area (Å²) in [5, 5.41) is 2.17. The molecule has 1 heterocycles. The van der Waals surface area contributed by atoms with E-state index in [1.54, 1.807) is 0 Å². The van der Waals surface area contributed by atoms with E-state index >= 15 is 0 Å². The highest BCUT2D eigenvalue weighted by atomic mass is 32.1. The Bertz CT molecular complexity index is 269. The minimum absolute atomic E-state index is 1.12. The first kappa shape index (κ1) is 15.7. The molecule has 18 heavy (non-hydrogen) atoms. The van der Waals surface area contributed by atoms with Crippen LogP contribution in [0.15, 0.2) is 17.5 Å². The lowest BCUT2D eigenvalue weighted by Crippen LogP contribution is -2.18. The minimum atomic E-state index is 1.12. The molecule has 1 rings (SSSR count). The maximum atomic E-state index is 2.45. The van der Waals surface area contributed by atoms with Crippen LogP contribution in [0.2, 0.25) is 0 Å². The van der Waals surface area contributed by atoms with Crippen molar-refractivity contribution in [3.8, 4) is 0 Å². The number of thiophene rings is 1. The molecular formula is C16H29NS. The molecule has 0 radical (unpaired) electrons. The Hall–Kier alpha value is -0.340. The third-order valence-electron chi connectivity index (χ3n) is 3.40. The van der Waals surface area contributed by atoms with Gasteiger partial charge in [-0.05, 0) is 31.5 Å². The van der Waals surface area contributed by atoms with Crippen molar-refractivity contribution >= 4 is 11.3 Å². The van der Waals surface area contributed by atoms with Crippen LogP contribution in [-0.4, -0.2) is 18.5 Å². The fraction of sp³-hybridized carbons (Fsp3) is 0.750. The van der Waals surface area contributed by atoms with Crippen molar-refractivity contribution in [1.82, 2.24) is 4.90 Å². The largest absolute Gasteiger partial charge is 0.301 e. The van der Waals surface area contributed by atoms with Crippen LogP contribution >= 0.6 is 11.3 Å². The summed E-state index contributed by atoms with van der Waals surface area (Å²) >= 11 is 1.86. The molecule has 0 saturated heterocycles. The molecule has 0 aromatic carbocycles. The molecule has 0 atom stereocenters. The fourth-order valence-corrected chi connectivity index (χ4v) is 3.05. The molecule has 1 nitrogen and oxygen atoms in total. The third kappa shape index (κ3) is 7.88. The lowest BCUT2D eigenvalue weighted by Gasteiger charge is -2.15. The molecule has 0 unspecified atom stereocenters. The number of unbranched alkanes of at least 4 members (excludes halogenated alkanes) is 7. The first-order valence-electron chi connectivity index (χ1n) is 7.54. The maximum absolute atomic E-state index is 2.45. The summed E-state index contributed by atoms with van der Waals surface area (Å²) in [4.78, 5) is 3.93. The molecule has 0 aliphatic carbocycles. The van der Waals surface area contributed by atoms with Crippen molar-refractivity contribution in [1.29, 1.82) is 0 Å². The Balaban J connectivity index is 1.88. The summed E-state index contributed by atoms with van der Waals surface area (Å²) in [5.74, 6) is 0. The van der Waals surface area contributed by atoms with Gasteiger partial charge in [0.05, 0.1) is 0 Å². The smallest absolute Gasteiger partial charge is 0.0324 e. The predicted octanol–water partition coefficient (Wildman–Crippen LogP) is 5.32. The minimum Gasteiger partial charge on any atom is -0.301 e. The Kier molecular flexibility index (Phi) is 9.23. The number of hydrogen-bond donors (Lipinski definition) is 0. The van der Waals surface area contributed by atoms with Gasteiger partial charge in [-0.2, -0.15) is 0 Å². The summed E-state index contributed by atoms with van der Waals surface area (Å²) in [6.45, 7) is 4.64. The standard InChI is InChI=1S/C16H29NS/c1-3-4-5-6-7-8-9-10-13-17(2)15-16-12-11-14-18-16/h11-12,14H,3-10,13,15H2,1-2H3. The first-order chi connectivity index (χ1) is 8.83. The molecule has 1 aromatic heterocycles. The highest BCUT2D eigenvalue weighted by Crippen LogP contribution is 2.12. The van der Waals surface area contributed by atoms with Gasteiger partial charge in [-0.1, -0.05) is 57.9 Å². The molecule has 0 aliphatic rings. The first-order valence-corrected chi connectivity index (χ1v) is 8.42. The van der Waals surface area contributed by atoms with Crippen molar-refractivity contribution in [3.63, 3.8) is 0 Å². The van der Waals surface area contributed by atoms with Crippen molar-refractivity contribution < 1.29 is 0 Å². The van der Waals surface area contributed by atoms with Crippen LogP contribution in [0, 0.1) is 0 Å². The van der Waals surface area contributed by atoms with E-state index in [2.05, 4.69) is 36.4 Å². The van der Waals surface area contributed by atoms with Crippen molar-refractivity contribution in [2.45, 2.75) is 64.8 Å². The molecule has 0 amide bonds. The van der Waals surface area contributed by atoms with Gasteiger partial charge in [0.1, 0.15) is 0 Å². The molecule has 0 fully saturated rings. The SMILES string of the molecule is CCCCCCCCCCN(C)Cc1cccs1. The zero-order valence-corrected chi connectivity index (χ0v) is 13.0. The average Bonchev–Trinajstić information content (AvgIpc) is 2.85. The Morgan fingerprint density at radius 3 is 2.28 bits per heavy atom. The lowest BCUT2D eigenvalue weighted by molar-refractivity contribution is 0.319. The zero-order chi connectivity index (χ0) is 13.1. The highest BCUT2D eigenvalue weighted by molar-refractivity contribution is 7.09. The van der Waals surface area contributed by atoms with E-state index in [-0.39, 0.29) is 0 Å². The Labute approximate surface area is 117 Å². The number of nitrogens with zero attached hydrogens (tertiary/aromatic N) is 1. The van der Waals surface area contributed by atoms with Crippen LogP contribution in [0.3, 0.4) is 0 Å². The fourth-order valence-electron chi connectivity index (χ4n) is 2.26. The number of hydrogen-bond acceptors (Lipinski definition) is 2. The van der Waals surface area contributed by atoms with Crippen LogP contribution in [-0.2, 0) is 6.54 Å². The molecule has 0 bridgehead atoms. The second-order valence-electron chi connectivity index (χ2n) is 5.29. The van der Waals surface area contributed by atoms with Gasteiger partial charge in [0.15, 0.2) is 0 Å². The van der Waals surface area contributed by atoms with E-state index < -0.39 is 0 Å². The molecule has 104 valence electrons.